The van der Waals surface area contributed by atoms with Crippen LogP contribution in [0.2, 0.25) is 0 Å². The normalized spacial score (nSPS) is 13.8. The molecule has 5 rings (SSSR count). The number of furan rings is 1. The second-order valence-electron chi connectivity index (χ2n) is 7.54. The van der Waals surface area contributed by atoms with Crippen molar-refractivity contribution in [2.75, 3.05) is 26.2 Å². The number of aromatic nitrogens is 2. The van der Waals surface area contributed by atoms with Crippen molar-refractivity contribution in [2.45, 2.75) is 0 Å². The van der Waals surface area contributed by atoms with Gasteiger partial charge in [0.1, 0.15) is 5.82 Å². The second-order valence-corrected chi connectivity index (χ2v) is 7.54. The summed E-state index contributed by atoms with van der Waals surface area (Å²) in [6.45, 7) is 1.60. The summed E-state index contributed by atoms with van der Waals surface area (Å²) in [6, 6.07) is 16.1. The summed E-state index contributed by atoms with van der Waals surface area (Å²) >= 11 is 0. The van der Waals surface area contributed by atoms with Gasteiger partial charge in [-0.25, -0.2) is 4.39 Å². The first kappa shape index (κ1) is 20.6. The van der Waals surface area contributed by atoms with Gasteiger partial charge < -0.3 is 18.7 Å². The van der Waals surface area contributed by atoms with Crippen molar-refractivity contribution in [2.24, 2.45) is 0 Å². The Hall–Kier alpha value is -4.27. The van der Waals surface area contributed by atoms with Gasteiger partial charge >= 0.3 is 0 Å². The van der Waals surface area contributed by atoms with E-state index in [-0.39, 0.29) is 29.3 Å². The zero-order chi connectivity index (χ0) is 22.8. The molecule has 1 aliphatic rings. The Morgan fingerprint density at radius 3 is 2.24 bits per heavy atom. The maximum absolute atomic E-state index is 13.3. The Kier molecular flexibility index (Phi) is 5.43. The van der Waals surface area contributed by atoms with Crippen LogP contribution < -0.4 is 0 Å². The summed E-state index contributed by atoms with van der Waals surface area (Å²) in [7, 11) is 0. The lowest BCUT2D eigenvalue weighted by atomic mass is 10.1. The lowest BCUT2D eigenvalue weighted by Gasteiger charge is -2.34. The van der Waals surface area contributed by atoms with E-state index in [1.165, 1.54) is 18.4 Å². The number of carbonyl (C=O) groups is 2. The van der Waals surface area contributed by atoms with Gasteiger partial charge in [0, 0.05) is 31.7 Å². The number of halogens is 1. The van der Waals surface area contributed by atoms with Crippen LogP contribution in [0.3, 0.4) is 0 Å². The molecule has 2 aromatic carbocycles. The molecule has 9 heteroatoms. The zero-order valence-corrected chi connectivity index (χ0v) is 17.5. The molecule has 4 aromatic rings. The quantitative estimate of drug-likeness (QED) is 0.474. The van der Waals surface area contributed by atoms with E-state index in [1.54, 1.807) is 58.3 Å². The minimum absolute atomic E-state index is 0.183. The number of benzene rings is 2. The molecule has 166 valence electrons. The molecule has 0 radical (unpaired) electrons. The SMILES string of the molecule is O=C(c1ccco1)N1CCN(C(=O)c2ccccc2-c2nc(-c3ccc(F)cc3)no2)CC1. The van der Waals surface area contributed by atoms with Gasteiger partial charge in [-0.2, -0.15) is 4.98 Å². The fraction of sp³-hybridized carbons (Fsp3) is 0.167. The third-order valence-corrected chi connectivity index (χ3v) is 5.50. The highest BCUT2D eigenvalue weighted by Gasteiger charge is 2.28. The van der Waals surface area contributed by atoms with Crippen molar-refractivity contribution < 1.29 is 22.9 Å². The van der Waals surface area contributed by atoms with E-state index in [4.69, 9.17) is 8.94 Å². The number of amides is 2. The Labute approximate surface area is 188 Å². The van der Waals surface area contributed by atoms with Crippen molar-refractivity contribution in [3.05, 3.63) is 84.1 Å². The van der Waals surface area contributed by atoms with Gasteiger partial charge in [-0.05, 0) is 48.5 Å². The molecule has 0 unspecified atom stereocenters. The largest absolute Gasteiger partial charge is 0.459 e. The third kappa shape index (κ3) is 4.12. The Morgan fingerprint density at radius 1 is 0.848 bits per heavy atom. The van der Waals surface area contributed by atoms with Gasteiger partial charge in [0.15, 0.2) is 5.76 Å². The summed E-state index contributed by atoms with van der Waals surface area (Å²) in [5.74, 6) is 0.0592. The van der Waals surface area contributed by atoms with E-state index in [0.29, 0.717) is 48.7 Å². The first-order chi connectivity index (χ1) is 16.1. The molecule has 1 aliphatic heterocycles. The molecular weight excluding hydrogens is 427 g/mol. The molecule has 0 atom stereocenters. The first-order valence-corrected chi connectivity index (χ1v) is 10.4. The number of carbonyl (C=O) groups excluding carboxylic acids is 2. The molecule has 1 fully saturated rings. The topological polar surface area (TPSA) is 92.7 Å². The van der Waals surface area contributed by atoms with E-state index < -0.39 is 0 Å². The van der Waals surface area contributed by atoms with Gasteiger partial charge in [-0.1, -0.05) is 17.3 Å². The molecule has 0 spiro atoms. The predicted octanol–water partition coefficient (Wildman–Crippen LogP) is 3.73. The highest BCUT2D eigenvalue weighted by Crippen LogP contribution is 2.26. The van der Waals surface area contributed by atoms with E-state index in [9.17, 15) is 14.0 Å². The molecule has 2 aromatic heterocycles. The number of hydrogen-bond donors (Lipinski definition) is 0. The van der Waals surface area contributed by atoms with Crippen LogP contribution in [0.15, 0.2) is 75.9 Å². The monoisotopic (exact) mass is 446 g/mol. The number of nitrogens with zero attached hydrogens (tertiary/aromatic N) is 4. The molecule has 0 bridgehead atoms. The highest BCUT2D eigenvalue weighted by molar-refractivity contribution is 6.00. The van der Waals surface area contributed by atoms with Crippen LogP contribution in [-0.2, 0) is 0 Å². The van der Waals surface area contributed by atoms with E-state index in [2.05, 4.69) is 10.1 Å². The number of hydrogen-bond acceptors (Lipinski definition) is 6. The Morgan fingerprint density at radius 2 is 1.55 bits per heavy atom. The van der Waals surface area contributed by atoms with Crippen molar-refractivity contribution in [1.29, 1.82) is 0 Å². The molecule has 33 heavy (non-hydrogen) atoms. The van der Waals surface area contributed by atoms with Crippen LogP contribution in [0.25, 0.3) is 22.8 Å². The second kappa shape index (κ2) is 8.70. The van der Waals surface area contributed by atoms with Gasteiger partial charge in [0.05, 0.1) is 17.4 Å². The van der Waals surface area contributed by atoms with Crippen LogP contribution in [-0.4, -0.2) is 57.9 Å². The van der Waals surface area contributed by atoms with Crippen LogP contribution >= 0.6 is 0 Å². The van der Waals surface area contributed by atoms with Gasteiger partial charge in [0.25, 0.3) is 17.7 Å². The summed E-state index contributed by atoms with van der Waals surface area (Å²) in [4.78, 5) is 33.5. The van der Waals surface area contributed by atoms with Gasteiger partial charge in [-0.15, -0.1) is 0 Å². The smallest absolute Gasteiger partial charge is 0.289 e. The van der Waals surface area contributed by atoms with Crippen molar-refractivity contribution >= 4 is 11.8 Å². The fourth-order valence-corrected chi connectivity index (χ4v) is 3.74. The van der Waals surface area contributed by atoms with Crippen LogP contribution in [0.4, 0.5) is 4.39 Å². The highest BCUT2D eigenvalue weighted by atomic mass is 19.1. The minimum atomic E-state index is -0.357. The fourth-order valence-electron chi connectivity index (χ4n) is 3.74. The third-order valence-electron chi connectivity index (χ3n) is 5.50. The number of piperazine rings is 1. The van der Waals surface area contributed by atoms with Crippen LogP contribution in [0, 0.1) is 5.82 Å². The van der Waals surface area contributed by atoms with E-state index in [1.807, 2.05) is 0 Å². The summed E-state index contributed by atoms with van der Waals surface area (Å²) in [5, 5.41) is 3.97. The summed E-state index contributed by atoms with van der Waals surface area (Å²) < 4.78 is 23.8. The summed E-state index contributed by atoms with van der Waals surface area (Å²) in [5.41, 5.74) is 1.54. The van der Waals surface area contributed by atoms with Crippen molar-refractivity contribution in [1.82, 2.24) is 19.9 Å². The maximum atomic E-state index is 13.3. The standard InChI is InChI=1S/C24H19FN4O4/c25-17-9-7-16(8-10-17)21-26-22(33-27-21)18-4-1-2-5-19(18)23(30)28-11-13-29(14-12-28)24(31)20-6-3-15-32-20/h1-10,15H,11-14H2. The number of rotatable bonds is 4. The Balaban J connectivity index is 1.33. The van der Waals surface area contributed by atoms with E-state index >= 15 is 0 Å². The molecule has 0 aliphatic carbocycles. The molecule has 0 N–H and O–H groups in total. The van der Waals surface area contributed by atoms with Crippen LogP contribution in [0.1, 0.15) is 20.9 Å². The van der Waals surface area contributed by atoms with Crippen LogP contribution in [0.5, 0.6) is 0 Å². The molecule has 3 heterocycles. The summed E-state index contributed by atoms with van der Waals surface area (Å²) in [6.07, 6.45) is 1.46. The van der Waals surface area contributed by atoms with Crippen molar-refractivity contribution in [3.63, 3.8) is 0 Å². The van der Waals surface area contributed by atoms with Crippen molar-refractivity contribution in [3.8, 4) is 22.8 Å². The minimum Gasteiger partial charge on any atom is -0.459 e. The van der Waals surface area contributed by atoms with Gasteiger partial charge in [-0.3, -0.25) is 9.59 Å². The predicted molar refractivity (Wildman–Crippen MR) is 116 cm³/mol. The van der Waals surface area contributed by atoms with E-state index in [0.717, 1.165) is 0 Å². The first-order valence-electron chi connectivity index (χ1n) is 10.4. The average Bonchev–Trinajstić information content (AvgIpc) is 3.57. The lowest BCUT2D eigenvalue weighted by Crippen LogP contribution is -2.50. The zero-order valence-electron chi connectivity index (χ0n) is 17.5. The molecule has 2 amide bonds. The Bertz CT molecular complexity index is 1280. The van der Waals surface area contributed by atoms with Gasteiger partial charge in [0.2, 0.25) is 5.82 Å². The lowest BCUT2D eigenvalue weighted by molar-refractivity contribution is 0.0518. The maximum Gasteiger partial charge on any atom is 0.289 e. The molecule has 8 nitrogen and oxygen atoms in total. The molecule has 1 saturated heterocycles. The molecular formula is C24H19FN4O4. The average molecular weight is 446 g/mol. The molecule has 0 saturated carbocycles.